The molecule has 23 heavy (non-hydrogen) atoms. The maximum atomic E-state index is 12.0. The molecule has 7 nitrogen and oxygen atoms in total. The number of aryl methyl sites for hydroxylation is 1. The third-order valence-corrected chi connectivity index (χ3v) is 3.43. The molecule has 0 atom stereocenters. The van der Waals surface area contributed by atoms with Gasteiger partial charge in [0.2, 0.25) is 5.91 Å². The van der Waals surface area contributed by atoms with Crippen molar-refractivity contribution >= 4 is 22.6 Å². The molecule has 0 aliphatic rings. The summed E-state index contributed by atoms with van der Waals surface area (Å²) in [5, 5.41) is 22.0. The summed E-state index contributed by atoms with van der Waals surface area (Å²) in [7, 11) is 0. The number of carbonyl (C=O) groups is 1. The molecule has 0 spiro atoms. The van der Waals surface area contributed by atoms with Gasteiger partial charge in [0.1, 0.15) is 5.82 Å². The van der Waals surface area contributed by atoms with Crippen LogP contribution in [0.5, 0.6) is 0 Å². The molecule has 0 radical (unpaired) electrons. The van der Waals surface area contributed by atoms with Crippen LogP contribution in [0.15, 0.2) is 36.4 Å². The number of nitrogens with zero attached hydrogens (tertiary/aromatic N) is 3. The molecule has 0 aliphatic carbocycles. The first-order valence-electron chi connectivity index (χ1n) is 7.45. The normalized spacial score (nSPS) is 10.7. The Morgan fingerprint density at radius 2 is 2.00 bits per heavy atom. The van der Waals surface area contributed by atoms with Crippen LogP contribution in [-0.4, -0.2) is 39.4 Å². The van der Waals surface area contributed by atoms with Gasteiger partial charge < -0.3 is 10.6 Å². The van der Waals surface area contributed by atoms with E-state index in [0.29, 0.717) is 18.9 Å². The molecule has 0 saturated heterocycles. The fourth-order valence-corrected chi connectivity index (χ4v) is 2.26. The number of benzene rings is 1. The molecule has 3 rings (SSSR count). The van der Waals surface area contributed by atoms with Crippen LogP contribution < -0.4 is 10.6 Å². The van der Waals surface area contributed by atoms with Gasteiger partial charge in [-0.05, 0) is 25.1 Å². The molecule has 0 aliphatic heterocycles. The minimum absolute atomic E-state index is 0.0452. The van der Waals surface area contributed by atoms with Crippen molar-refractivity contribution in [3.63, 3.8) is 0 Å². The van der Waals surface area contributed by atoms with E-state index < -0.39 is 0 Å². The van der Waals surface area contributed by atoms with Gasteiger partial charge in [0, 0.05) is 18.5 Å². The third kappa shape index (κ3) is 3.82. The number of amides is 1. The first-order chi connectivity index (χ1) is 11.2. The van der Waals surface area contributed by atoms with E-state index in [1.807, 2.05) is 43.3 Å². The van der Waals surface area contributed by atoms with Gasteiger partial charge in [0.05, 0.1) is 23.3 Å². The minimum Gasteiger partial charge on any atom is -0.367 e. The molecule has 118 valence electrons. The molecule has 1 aromatic carbocycles. The van der Waals surface area contributed by atoms with Crippen LogP contribution in [0.3, 0.4) is 0 Å². The van der Waals surface area contributed by atoms with Crippen molar-refractivity contribution < 1.29 is 4.79 Å². The Bertz CT molecular complexity index is 796. The largest absolute Gasteiger partial charge is 0.367 e. The molecule has 3 aromatic rings. The summed E-state index contributed by atoms with van der Waals surface area (Å²) < 4.78 is 0. The number of nitrogens with one attached hydrogen (secondary N) is 3. The van der Waals surface area contributed by atoms with E-state index in [4.69, 9.17) is 0 Å². The van der Waals surface area contributed by atoms with E-state index >= 15 is 0 Å². The first-order valence-corrected chi connectivity index (χ1v) is 7.45. The van der Waals surface area contributed by atoms with E-state index in [1.165, 1.54) is 0 Å². The van der Waals surface area contributed by atoms with Crippen molar-refractivity contribution in [1.29, 1.82) is 0 Å². The second-order valence-electron chi connectivity index (χ2n) is 5.23. The number of rotatable bonds is 6. The maximum absolute atomic E-state index is 12.0. The van der Waals surface area contributed by atoms with Gasteiger partial charge in [0.15, 0.2) is 0 Å². The summed E-state index contributed by atoms with van der Waals surface area (Å²) in [6.07, 6.45) is 0.283. The lowest BCUT2D eigenvalue weighted by Gasteiger charge is -2.06. The van der Waals surface area contributed by atoms with Gasteiger partial charge in [-0.15, -0.1) is 5.10 Å². The predicted octanol–water partition coefficient (Wildman–Crippen LogP) is 1.43. The van der Waals surface area contributed by atoms with E-state index in [1.54, 1.807) is 0 Å². The zero-order valence-corrected chi connectivity index (χ0v) is 12.8. The number of hydrogen-bond donors (Lipinski definition) is 3. The molecule has 2 aromatic heterocycles. The van der Waals surface area contributed by atoms with Gasteiger partial charge >= 0.3 is 0 Å². The zero-order valence-electron chi connectivity index (χ0n) is 12.8. The standard InChI is InChI=1S/C16H18N6O/c1-11-6-7-15(22-19-11)17-8-9-18-16(23)10-14-12-4-2-3-5-13(12)20-21-14/h2-7H,8-10H2,1H3,(H,17,22)(H,18,23)(H,20,21). The van der Waals surface area contributed by atoms with Crippen molar-refractivity contribution in [2.45, 2.75) is 13.3 Å². The molecular formula is C16H18N6O. The van der Waals surface area contributed by atoms with Crippen molar-refractivity contribution in [2.24, 2.45) is 0 Å². The fourth-order valence-electron chi connectivity index (χ4n) is 2.26. The SMILES string of the molecule is Cc1ccc(NCCNC(=O)Cc2[nH]nc3ccccc23)nn1. The average molecular weight is 310 g/mol. The van der Waals surface area contributed by atoms with Crippen molar-refractivity contribution in [3.8, 4) is 0 Å². The first kappa shape index (κ1) is 15.0. The van der Waals surface area contributed by atoms with Gasteiger partial charge in [-0.2, -0.15) is 10.2 Å². The van der Waals surface area contributed by atoms with Gasteiger partial charge in [-0.3, -0.25) is 9.89 Å². The summed E-state index contributed by atoms with van der Waals surface area (Å²) in [6, 6.07) is 11.5. The minimum atomic E-state index is -0.0452. The van der Waals surface area contributed by atoms with Crippen LogP contribution in [0.1, 0.15) is 11.4 Å². The van der Waals surface area contributed by atoms with Gasteiger partial charge in [-0.25, -0.2) is 0 Å². The lowest BCUT2D eigenvalue weighted by molar-refractivity contribution is -0.120. The van der Waals surface area contributed by atoms with E-state index in [0.717, 1.165) is 22.3 Å². The maximum Gasteiger partial charge on any atom is 0.226 e. The second kappa shape index (κ2) is 6.87. The lowest BCUT2D eigenvalue weighted by atomic mass is 10.1. The zero-order chi connectivity index (χ0) is 16.1. The highest BCUT2D eigenvalue weighted by Crippen LogP contribution is 2.15. The van der Waals surface area contributed by atoms with Gasteiger partial charge in [0.25, 0.3) is 0 Å². The van der Waals surface area contributed by atoms with E-state index in [9.17, 15) is 4.79 Å². The average Bonchev–Trinajstić information content (AvgIpc) is 2.96. The number of carbonyl (C=O) groups excluding carboxylic acids is 1. The molecular weight excluding hydrogens is 292 g/mol. The summed E-state index contributed by atoms with van der Waals surface area (Å²) >= 11 is 0. The number of aromatic amines is 1. The summed E-state index contributed by atoms with van der Waals surface area (Å²) in [6.45, 7) is 2.99. The summed E-state index contributed by atoms with van der Waals surface area (Å²) in [5.41, 5.74) is 2.57. The van der Waals surface area contributed by atoms with Crippen molar-refractivity contribution in [3.05, 3.63) is 47.8 Å². The van der Waals surface area contributed by atoms with Crippen LogP contribution in [0.4, 0.5) is 5.82 Å². The topological polar surface area (TPSA) is 95.6 Å². The molecule has 3 N–H and O–H groups in total. The molecule has 2 heterocycles. The Kier molecular flexibility index (Phi) is 4.46. The molecule has 0 bridgehead atoms. The Labute approximate surface area is 133 Å². The summed E-state index contributed by atoms with van der Waals surface area (Å²) in [4.78, 5) is 12.0. The molecule has 0 fully saturated rings. The van der Waals surface area contributed by atoms with Gasteiger partial charge in [-0.1, -0.05) is 18.2 Å². The van der Waals surface area contributed by atoms with Crippen LogP contribution >= 0.6 is 0 Å². The van der Waals surface area contributed by atoms with Crippen LogP contribution in [0.25, 0.3) is 10.9 Å². The molecule has 1 amide bonds. The number of H-pyrrole nitrogens is 1. The molecule has 0 unspecified atom stereocenters. The Morgan fingerprint density at radius 3 is 2.83 bits per heavy atom. The highest BCUT2D eigenvalue weighted by Gasteiger charge is 2.09. The van der Waals surface area contributed by atoms with Crippen LogP contribution in [-0.2, 0) is 11.2 Å². The number of para-hydroxylation sites is 1. The van der Waals surface area contributed by atoms with Crippen molar-refractivity contribution in [2.75, 3.05) is 18.4 Å². The number of anilines is 1. The monoisotopic (exact) mass is 310 g/mol. The summed E-state index contributed by atoms with van der Waals surface area (Å²) in [5.74, 6) is 0.653. The number of fused-ring (bicyclic) bond motifs is 1. The Morgan fingerprint density at radius 1 is 1.13 bits per heavy atom. The van der Waals surface area contributed by atoms with E-state index in [2.05, 4.69) is 31.0 Å². The molecule has 7 heteroatoms. The highest BCUT2D eigenvalue weighted by atomic mass is 16.1. The Hall–Kier alpha value is -2.96. The Balaban J connectivity index is 1.45. The highest BCUT2D eigenvalue weighted by molar-refractivity contribution is 5.87. The lowest BCUT2D eigenvalue weighted by Crippen LogP contribution is -2.30. The van der Waals surface area contributed by atoms with Crippen molar-refractivity contribution in [1.82, 2.24) is 25.7 Å². The third-order valence-electron chi connectivity index (χ3n) is 3.43. The predicted molar refractivity (Wildman–Crippen MR) is 88.1 cm³/mol. The molecule has 0 saturated carbocycles. The van der Waals surface area contributed by atoms with Crippen LogP contribution in [0, 0.1) is 6.92 Å². The van der Waals surface area contributed by atoms with E-state index in [-0.39, 0.29) is 12.3 Å². The second-order valence-corrected chi connectivity index (χ2v) is 5.23. The van der Waals surface area contributed by atoms with Crippen LogP contribution in [0.2, 0.25) is 0 Å². The fraction of sp³-hybridized carbons (Fsp3) is 0.250. The smallest absolute Gasteiger partial charge is 0.226 e. The quantitative estimate of drug-likeness (QED) is 0.599. The number of aromatic nitrogens is 4. The number of hydrogen-bond acceptors (Lipinski definition) is 5.